The Kier molecular flexibility index (Phi) is 3.27. The highest BCUT2D eigenvalue weighted by Gasteiger charge is 2.12. The van der Waals surface area contributed by atoms with Gasteiger partial charge in [0.05, 0.1) is 9.21 Å². The van der Waals surface area contributed by atoms with Gasteiger partial charge in [0.2, 0.25) is 6.79 Å². The molecule has 1 aliphatic rings. The number of benzene rings is 1. The van der Waals surface area contributed by atoms with Crippen molar-refractivity contribution in [2.24, 2.45) is 0 Å². The maximum Gasteiger partial charge on any atom is 0.231 e. The lowest BCUT2D eigenvalue weighted by molar-refractivity contribution is 0.105. The van der Waals surface area contributed by atoms with Crippen molar-refractivity contribution in [1.82, 2.24) is 0 Å². The minimum atomic E-state index is -0.0606. The van der Waals surface area contributed by atoms with Crippen molar-refractivity contribution < 1.29 is 14.3 Å². The van der Waals surface area contributed by atoms with Gasteiger partial charge >= 0.3 is 0 Å². The van der Waals surface area contributed by atoms with E-state index in [0.29, 0.717) is 15.0 Å². The Balaban J connectivity index is 1.77. The topological polar surface area (TPSA) is 35.5 Å². The number of halogens is 1. The molecule has 2 aromatic rings. The van der Waals surface area contributed by atoms with Crippen LogP contribution in [0.1, 0.15) is 15.2 Å². The van der Waals surface area contributed by atoms with E-state index in [1.165, 1.54) is 17.4 Å². The lowest BCUT2D eigenvalue weighted by Crippen LogP contribution is -1.92. The fraction of sp³-hybridized carbons (Fsp3) is 0.0714. The van der Waals surface area contributed by atoms with Crippen molar-refractivity contribution in [2.75, 3.05) is 6.79 Å². The number of thiophene rings is 1. The standard InChI is InChI=1S/C14H9ClO3S/c15-14-6-5-13(19-14)10(16)3-1-9-2-4-11-12(7-9)18-8-17-11/h1-7H,8H2. The van der Waals surface area contributed by atoms with Crippen LogP contribution in [-0.4, -0.2) is 12.6 Å². The first kappa shape index (κ1) is 12.3. The molecule has 0 saturated carbocycles. The van der Waals surface area contributed by atoms with Gasteiger partial charge in [-0.15, -0.1) is 11.3 Å². The molecule has 2 heterocycles. The molecule has 5 heteroatoms. The molecule has 0 bridgehead atoms. The molecular weight excluding hydrogens is 284 g/mol. The van der Waals surface area contributed by atoms with E-state index < -0.39 is 0 Å². The molecule has 0 atom stereocenters. The minimum Gasteiger partial charge on any atom is -0.454 e. The summed E-state index contributed by atoms with van der Waals surface area (Å²) in [4.78, 5) is 12.5. The van der Waals surface area contributed by atoms with E-state index in [9.17, 15) is 4.79 Å². The molecule has 0 radical (unpaired) electrons. The fourth-order valence-electron chi connectivity index (χ4n) is 1.72. The maximum atomic E-state index is 11.9. The molecule has 0 N–H and O–H groups in total. The Labute approximate surface area is 119 Å². The Morgan fingerprint density at radius 3 is 2.84 bits per heavy atom. The van der Waals surface area contributed by atoms with Crippen LogP contribution in [0.15, 0.2) is 36.4 Å². The van der Waals surface area contributed by atoms with Crippen molar-refractivity contribution in [3.8, 4) is 11.5 Å². The molecule has 1 aliphatic heterocycles. The zero-order valence-electron chi connectivity index (χ0n) is 9.76. The van der Waals surface area contributed by atoms with E-state index in [4.69, 9.17) is 21.1 Å². The van der Waals surface area contributed by atoms with Crippen molar-refractivity contribution in [3.05, 3.63) is 51.2 Å². The second-order valence-electron chi connectivity index (χ2n) is 3.91. The average molecular weight is 293 g/mol. The van der Waals surface area contributed by atoms with Crippen molar-refractivity contribution >= 4 is 34.8 Å². The molecule has 0 saturated heterocycles. The number of carbonyl (C=O) groups excluding carboxylic acids is 1. The zero-order chi connectivity index (χ0) is 13.2. The van der Waals surface area contributed by atoms with Gasteiger partial charge in [-0.05, 0) is 35.9 Å². The first-order valence-electron chi connectivity index (χ1n) is 5.60. The van der Waals surface area contributed by atoms with Crippen LogP contribution >= 0.6 is 22.9 Å². The van der Waals surface area contributed by atoms with Gasteiger partial charge in [-0.25, -0.2) is 0 Å². The van der Waals surface area contributed by atoms with Crippen LogP contribution in [0, 0.1) is 0 Å². The molecule has 0 amide bonds. The second kappa shape index (κ2) is 5.07. The third-order valence-electron chi connectivity index (χ3n) is 2.64. The first-order valence-corrected chi connectivity index (χ1v) is 6.79. The number of rotatable bonds is 3. The Morgan fingerprint density at radius 2 is 2.05 bits per heavy atom. The summed E-state index contributed by atoms with van der Waals surface area (Å²) in [5.74, 6) is 1.37. The molecular formula is C14H9ClO3S. The molecule has 0 unspecified atom stereocenters. The molecule has 0 fully saturated rings. The number of ether oxygens (including phenoxy) is 2. The number of hydrogen-bond acceptors (Lipinski definition) is 4. The highest BCUT2D eigenvalue weighted by molar-refractivity contribution is 7.18. The second-order valence-corrected chi connectivity index (χ2v) is 5.63. The summed E-state index contributed by atoms with van der Waals surface area (Å²) >= 11 is 7.07. The summed E-state index contributed by atoms with van der Waals surface area (Å²) in [6.45, 7) is 0.245. The van der Waals surface area contributed by atoms with Gasteiger partial charge in [0.25, 0.3) is 0 Å². The van der Waals surface area contributed by atoms with Crippen LogP contribution in [0.5, 0.6) is 11.5 Å². The highest BCUT2D eigenvalue weighted by atomic mass is 35.5. The van der Waals surface area contributed by atoms with E-state index in [1.54, 1.807) is 18.2 Å². The Hall–Kier alpha value is -1.78. The molecule has 1 aromatic heterocycles. The molecule has 3 nitrogen and oxygen atoms in total. The SMILES string of the molecule is O=C(C=Cc1ccc2c(c1)OCO2)c1ccc(Cl)s1. The zero-order valence-corrected chi connectivity index (χ0v) is 11.3. The summed E-state index contributed by atoms with van der Waals surface area (Å²) in [6, 6.07) is 8.98. The van der Waals surface area contributed by atoms with Crippen molar-refractivity contribution in [1.29, 1.82) is 0 Å². The van der Waals surface area contributed by atoms with Gasteiger partial charge in [-0.1, -0.05) is 23.7 Å². The first-order chi connectivity index (χ1) is 9.22. The van der Waals surface area contributed by atoms with Gasteiger partial charge in [0.1, 0.15) is 0 Å². The van der Waals surface area contributed by atoms with E-state index in [2.05, 4.69) is 0 Å². The summed E-state index contributed by atoms with van der Waals surface area (Å²) in [6.07, 6.45) is 3.28. The predicted octanol–water partition coefficient (Wildman–Crippen LogP) is 4.03. The van der Waals surface area contributed by atoms with Crippen LogP contribution < -0.4 is 9.47 Å². The van der Waals surface area contributed by atoms with Crippen LogP contribution in [0.3, 0.4) is 0 Å². The maximum absolute atomic E-state index is 11.9. The largest absolute Gasteiger partial charge is 0.454 e. The average Bonchev–Trinajstić information content (AvgIpc) is 3.03. The number of fused-ring (bicyclic) bond motifs is 1. The molecule has 19 heavy (non-hydrogen) atoms. The van der Waals surface area contributed by atoms with Crippen LogP contribution in [0.25, 0.3) is 6.08 Å². The normalized spacial score (nSPS) is 13.1. The highest BCUT2D eigenvalue weighted by Crippen LogP contribution is 2.32. The lowest BCUT2D eigenvalue weighted by atomic mass is 10.1. The molecule has 1 aromatic carbocycles. The minimum absolute atomic E-state index is 0.0606. The quantitative estimate of drug-likeness (QED) is 0.633. The number of ketones is 1. The Bertz CT molecular complexity index is 660. The summed E-state index contributed by atoms with van der Waals surface area (Å²) in [5.41, 5.74) is 0.889. The number of hydrogen-bond donors (Lipinski definition) is 0. The van der Waals surface area contributed by atoms with E-state index >= 15 is 0 Å². The summed E-state index contributed by atoms with van der Waals surface area (Å²) < 4.78 is 11.1. The van der Waals surface area contributed by atoms with E-state index in [-0.39, 0.29) is 12.6 Å². The summed E-state index contributed by atoms with van der Waals surface area (Å²) in [7, 11) is 0. The van der Waals surface area contributed by atoms with Gasteiger partial charge in [-0.2, -0.15) is 0 Å². The molecule has 3 rings (SSSR count). The predicted molar refractivity (Wildman–Crippen MR) is 75.3 cm³/mol. The summed E-state index contributed by atoms with van der Waals surface area (Å²) in [5, 5.41) is 0. The number of allylic oxidation sites excluding steroid dienone is 1. The van der Waals surface area contributed by atoms with E-state index in [0.717, 1.165) is 11.3 Å². The van der Waals surface area contributed by atoms with Crippen LogP contribution in [0.2, 0.25) is 4.34 Å². The molecule has 0 aliphatic carbocycles. The fourth-order valence-corrected chi connectivity index (χ4v) is 2.68. The van der Waals surface area contributed by atoms with Crippen molar-refractivity contribution in [3.63, 3.8) is 0 Å². The van der Waals surface area contributed by atoms with Crippen molar-refractivity contribution in [2.45, 2.75) is 0 Å². The smallest absolute Gasteiger partial charge is 0.231 e. The molecule has 96 valence electrons. The van der Waals surface area contributed by atoms with Crippen LogP contribution in [0.4, 0.5) is 0 Å². The van der Waals surface area contributed by atoms with Crippen LogP contribution in [-0.2, 0) is 0 Å². The van der Waals surface area contributed by atoms with Gasteiger partial charge in [0.15, 0.2) is 17.3 Å². The Morgan fingerprint density at radius 1 is 1.21 bits per heavy atom. The van der Waals surface area contributed by atoms with Gasteiger partial charge in [-0.3, -0.25) is 4.79 Å². The third kappa shape index (κ3) is 2.64. The molecule has 0 spiro atoms. The number of carbonyl (C=O) groups is 1. The van der Waals surface area contributed by atoms with Gasteiger partial charge < -0.3 is 9.47 Å². The van der Waals surface area contributed by atoms with Gasteiger partial charge in [0, 0.05) is 0 Å². The lowest BCUT2D eigenvalue weighted by Gasteiger charge is -1.97. The van der Waals surface area contributed by atoms with E-state index in [1.807, 2.05) is 18.2 Å². The third-order valence-corrected chi connectivity index (χ3v) is 3.89. The monoisotopic (exact) mass is 292 g/mol.